The van der Waals surface area contributed by atoms with Gasteiger partial charge in [0.05, 0.1) is 0 Å². The van der Waals surface area contributed by atoms with E-state index in [0.717, 1.165) is 19.3 Å². The Kier molecular flexibility index (Phi) is 6.06. The largest absolute Gasteiger partial charge is 0.481 e. The number of carboxylic acid groups (broad SMARTS) is 1. The molecule has 1 heterocycles. The smallest absolute Gasteiger partial charge is 0.317 e. The molecule has 0 saturated carbocycles. The molecule has 1 aliphatic rings. The Hall–Kier alpha value is -1.70. The van der Waals surface area contributed by atoms with Crippen LogP contribution in [-0.2, 0) is 4.79 Å². The van der Waals surface area contributed by atoms with Crippen molar-refractivity contribution in [2.45, 2.75) is 44.6 Å². The average molecular weight is 252 g/mol. The first-order chi connectivity index (χ1) is 8.65. The number of terminal acetylenes is 1. The zero-order chi connectivity index (χ0) is 13.4. The molecule has 0 spiro atoms. The minimum Gasteiger partial charge on any atom is -0.481 e. The van der Waals surface area contributed by atoms with Gasteiger partial charge in [-0.3, -0.25) is 4.79 Å². The van der Waals surface area contributed by atoms with Crippen LogP contribution >= 0.6 is 0 Å². The second-order valence-electron chi connectivity index (χ2n) is 4.46. The van der Waals surface area contributed by atoms with E-state index in [9.17, 15) is 9.59 Å². The number of aliphatic carboxylic acids is 1. The monoisotopic (exact) mass is 252 g/mol. The third kappa shape index (κ3) is 4.66. The maximum atomic E-state index is 11.9. The predicted octanol–water partition coefficient (Wildman–Crippen LogP) is 1.44. The van der Waals surface area contributed by atoms with Crippen molar-refractivity contribution in [2.75, 3.05) is 13.1 Å². The highest BCUT2D eigenvalue weighted by atomic mass is 16.4. The number of carbonyl (C=O) groups excluding carboxylic acids is 1. The van der Waals surface area contributed by atoms with Crippen molar-refractivity contribution in [2.24, 2.45) is 0 Å². The number of nitrogens with zero attached hydrogens (tertiary/aromatic N) is 1. The van der Waals surface area contributed by atoms with E-state index >= 15 is 0 Å². The Bertz CT molecular complexity index is 336. The summed E-state index contributed by atoms with van der Waals surface area (Å²) in [5, 5.41) is 11.5. The number of urea groups is 1. The standard InChI is InChI=1S/C13H20N2O3/c1-2-3-9-14-13(18)15-10-5-4-6-11(15)7-8-12(16)17/h1,11H,3-10H2,(H,14,18)(H,16,17). The van der Waals surface area contributed by atoms with Gasteiger partial charge in [0, 0.05) is 32.0 Å². The number of hydrogen-bond donors (Lipinski definition) is 2. The SMILES string of the molecule is C#CCCNC(=O)N1CCCCC1CCC(=O)O. The van der Waals surface area contributed by atoms with E-state index in [-0.39, 0.29) is 18.5 Å². The Morgan fingerprint density at radius 3 is 2.89 bits per heavy atom. The van der Waals surface area contributed by atoms with E-state index in [1.165, 1.54) is 0 Å². The van der Waals surface area contributed by atoms with Crippen LogP contribution in [0.25, 0.3) is 0 Å². The average Bonchev–Trinajstić information content (AvgIpc) is 2.37. The summed E-state index contributed by atoms with van der Waals surface area (Å²) in [6.45, 7) is 1.17. The minimum atomic E-state index is -0.812. The Balaban J connectivity index is 2.45. The van der Waals surface area contributed by atoms with Crippen LogP contribution in [0.15, 0.2) is 0 Å². The number of likely N-dealkylation sites (tertiary alicyclic amines) is 1. The first-order valence-corrected chi connectivity index (χ1v) is 6.35. The molecule has 1 rings (SSSR count). The molecule has 5 nitrogen and oxygen atoms in total. The molecule has 100 valence electrons. The zero-order valence-electron chi connectivity index (χ0n) is 10.5. The molecule has 0 bridgehead atoms. The fourth-order valence-electron chi connectivity index (χ4n) is 2.20. The molecule has 0 aromatic carbocycles. The predicted molar refractivity (Wildman–Crippen MR) is 68.1 cm³/mol. The minimum absolute atomic E-state index is 0.0423. The van der Waals surface area contributed by atoms with Crippen LogP contribution < -0.4 is 5.32 Å². The van der Waals surface area contributed by atoms with E-state index in [0.29, 0.717) is 25.9 Å². The van der Waals surface area contributed by atoms with Crippen molar-refractivity contribution in [1.29, 1.82) is 0 Å². The molecule has 1 saturated heterocycles. The van der Waals surface area contributed by atoms with Crippen LogP contribution in [0.1, 0.15) is 38.5 Å². The molecule has 0 aromatic heterocycles. The van der Waals surface area contributed by atoms with Crippen LogP contribution in [0, 0.1) is 12.3 Å². The third-order valence-electron chi connectivity index (χ3n) is 3.12. The summed E-state index contributed by atoms with van der Waals surface area (Å²) in [5.74, 6) is 1.65. The summed E-state index contributed by atoms with van der Waals surface area (Å²) in [5.41, 5.74) is 0. The van der Waals surface area contributed by atoms with Crippen molar-refractivity contribution in [3.63, 3.8) is 0 Å². The molecule has 18 heavy (non-hydrogen) atoms. The molecule has 2 amide bonds. The lowest BCUT2D eigenvalue weighted by Crippen LogP contribution is -2.49. The molecule has 0 aromatic rings. The Morgan fingerprint density at radius 2 is 2.22 bits per heavy atom. The summed E-state index contributed by atoms with van der Waals surface area (Å²) < 4.78 is 0. The van der Waals surface area contributed by atoms with E-state index in [4.69, 9.17) is 11.5 Å². The van der Waals surface area contributed by atoms with Gasteiger partial charge in [-0.1, -0.05) is 0 Å². The highest BCUT2D eigenvalue weighted by Crippen LogP contribution is 2.20. The summed E-state index contributed by atoms with van der Waals surface area (Å²) in [6.07, 6.45) is 9.19. The first-order valence-electron chi connectivity index (χ1n) is 6.35. The number of nitrogens with one attached hydrogen (secondary N) is 1. The van der Waals surface area contributed by atoms with Crippen LogP contribution in [-0.4, -0.2) is 41.1 Å². The van der Waals surface area contributed by atoms with Crippen LogP contribution in [0.4, 0.5) is 4.79 Å². The van der Waals surface area contributed by atoms with Gasteiger partial charge in [-0.2, -0.15) is 0 Å². The number of hydrogen-bond acceptors (Lipinski definition) is 2. The molecule has 5 heteroatoms. The molecule has 1 atom stereocenters. The lowest BCUT2D eigenvalue weighted by molar-refractivity contribution is -0.137. The molecular formula is C13H20N2O3. The summed E-state index contributed by atoms with van der Waals surface area (Å²) in [7, 11) is 0. The van der Waals surface area contributed by atoms with E-state index in [1.807, 2.05) is 0 Å². The molecule has 2 N–H and O–H groups in total. The Morgan fingerprint density at radius 1 is 1.44 bits per heavy atom. The number of carbonyl (C=O) groups is 2. The van der Waals surface area contributed by atoms with Gasteiger partial charge in [0.15, 0.2) is 0 Å². The fraction of sp³-hybridized carbons (Fsp3) is 0.692. The van der Waals surface area contributed by atoms with E-state index < -0.39 is 5.97 Å². The van der Waals surface area contributed by atoms with Gasteiger partial charge in [0.2, 0.25) is 0 Å². The lowest BCUT2D eigenvalue weighted by Gasteiger charge is -2.35. The topological polar surface area (TPSA) is 69.6 Å². The number of amides is 2. The maximum absolute atomic E-state index is 11.9. The molecule has 0 radical (unpaired) electrons. The number of carboxylic acids is 1. The highest BCUT2D eigenvalue weighted by Gasteiger charge is 2.26. The molecule has 1 fully saturated rings. The van der Waals surface area contributed by atoms with Gasteiger partial charge in [-0.25, -0.2) is 4.79 Å². The summed E-state index contributed by atoms with van der Waals surface area (Å²) >= 11 is 0. The van der Waals surface area contributed by atoms with Gasteiger partial charge in [0.25, 0.3) is 0 Å². The number of rotatable bonds is 5. The lowest BCUT2D eigenvalue weighted by atomic mass is 9.98. The van der Waals surface area contributed by atoms with Crippen LogP contribution in [0.3, 0.4) is 0 Å². The van der Waals surface area contributed by atoms with Gasteiger partial charge in [0.1, 0.15) is 0 Å². The third-order valence-corrected chi connectivity index (χ3v) is 3.12. The molecule has 1 unspecified atom stereocenters. The van der Waals surface area contributed by atoms with Gasteiger partial charge in [-0.05, 0) is 25.7 Å². The van der Waals surface area contributed by atoms with Crippen molar-refractivity contribution >= 4 is 12.0 Å². The molecule has 0 aliphatic carbocycles. The fourth-order valence-corrected chi connectivity index (χ4v) is 2.20. The molecule has 1 aliphatic heterocycles. The van der Waals surface area contributed by atoms with Crippen molar-refractivity contribution in [1.82, 2.24) is 10.2 Å². The first kappa shape index (κ1) is 14.4. The highest BCUT2D eigenvalue weighted by molar-refractivity contribution is 5.74. The van der Waals surface area contributed by atoms with Gasteiger partial charge < -0.3 is 15.3 Å². The second-order valence-corrected chi connectivity index (χ2v) is 4.46. The maximum Gasteiger partial charge on any atom is 0.317 e. The molecular weight excluding hydrogens is 232 g/mol. The van der Waals surface area contributed by atoms with E-state index in [2.05, 4.69) is 11.2 Å². The second kappa shape index (κ2) is 7.59. The number of piperidine rings is 1. The van der Waals surface area contributed by atoms with Crippen molar-refractivity contribution in [3.8, 4) is 12.3 Å². The van der Waals surface area contributed by atoms with Crippen molar-refractivity contribution in [3.05, 3.63) is 0 Å². The van der Waals surface area contributed by atoms with E-state index in [1.54, 1.807) is 4.90 Å². The summed E-state index contributed by atoms with van der Waals surface area (Å²) in [4.78, 5) is 24.3. The van der Waals surface area contributed by atoms with Gasteiger partial charge >= 0.3 is 12.0 Å². The van der Waals surface area contributed by atoms with Gasteiger partial charge in [-0.15, -0.1) is 12.3 Å². The zero-order valence-corrected chi connectivity index (χ0v) is 10.5. The van der Waals surface area contributed by atoms with Crippen LogP contribution in [0.2, 0.25) is 0 Å². The summed E-state index contributed by atoms with van der Waals surface area (Å²) in [6, 6.07) is -0.0824. The van der Waals surface area contributed by atoms with Crippen LogP contribution in [0.5, 0.6) is 0 Å². The Labute approximate surface area is 108 Å². The quantitative estimate of drug-likeness (QED) is 0.574. The van der Waals surface area contributed by atoms with Crippen molar-refractivity contribution < 1.29 is 14.7 Å². The normalized spacial score (nSPS) is 19.1.